The number of amides is 2. The predicted octanol–water partition coefficient (Wildman–Crippen LogP) is -3.18. The molecular weight excluding hydrogens is 330 g/mol. The van der Waals surface area contributed by atoms with Gasteiger partial charge in [-0.25, -0.2) is 4.68 Å². The van der Waals surface area contributed by atoms with Crippen LogP contribution in [0.3, 0.4) is 0 Å². The summed E-state index contributed by atoms with van der Waals surface area (Å²) >= 11 is 1.05. The van der Waals surface area contributed by atoms with Crippen LogP contribution < -0.4 is 11.5 Å². The Morgan fingerprint density at radius 1 is 1.30 bits per heavy atom. The number of rotatable bonds is 5. The molecule has 0 saturated carbocycles. The lowest BCUT2D eigenvalue weighted by molar-refractivity contribution is -0.0594. The SMILES string of the molecule is CO[C@H]1S[C@H](CO)[C@@H](O)[C@H](O)[C@H]1n1nnc(C(N)=O)c1C(N)=O. The van der Waals surface area contributed by atoms with Crippen molar-refractivity contribution in [1.82, 2.24) is 15.0 Å². The van der Waals surface area contributed by atoms with Crippen LogP contribution >= 0.6 is 11.8 Å². The summed E-state index contributed by atoms with van der Waals surface area (Å²) in [6.45, 7) is -0.387. The van der Waals surface area contributed by atoms with Gasteiger partial charge in [0.2, 0.25) is 0 Å². The molecule has 0 aliphatic carbocycles. The second-order valence-electron chi connectivity index (χ2n) is 4.89. The van der Waals surface area contributed by atoms with Gasteiger partial charge in [-0.1, -0.05) is 5.21 Å². The second-order valence-corrected chi connectivity index (χ2v) is 6.23. The van der Waals surface area contributed by atoms with Gasteiger partial charge in [-0.2, -0.15) is 0 Å². The number of nitrogens with two attached hydrogens (primary N) is 2. The lowest BCUT2D eigenvalue weighted by Crippen LogP contribution is -2.52. The van der Waals surface area contributed by atoms with Gasteiger partial charge in [0.1, 0.15) is 17.6 Å². The largest absolute Gasteiger partial charge is 0.395 e. The van der Waals surface area contributed by atoms with Crippen molar-refractivity contribution in [2.24, 2.45) is 11.5 Å². The fraction of sp³-hybridized carbons (Fsp3) is 0.636. The number of aromatic nitrogens is 3. The lowest BCUT2D eigenvalue weighted by Gasteiger charge is -2.41. The third kappa shape index (κ3) is 3.03. The fourth-order valence-corrected chi connectivity index (χ4v) is 3.72. The molecule has 12 heteroatoms. The summed E-state index contributed by atoms with van der Waals surface area (Å²) in [4.78, 5) is 23.0. The standard InChI is InChI=1S/C11H17N5O6S/c1-22-11-6(8(19)7(18)3(2-17)23-11)16-5(10(13)21)4(9(12)20)14-15-16/h3,6-8,11,17-19H,2H2,1H3,(H2,12,20)(H2,13,21)/t3-,6-,7-,8-,11+/m1/s1. The second kappa shape index (κ2) is 6.80. The summed E-state index contributed by atoms with van der Waals surface area (Å²) in [5, 5.41) is 36.1. The van der Waals surface area contributed by atoms with Gasteiger partial charge in [-0.3, -0.25) is 9.59 Å². The highest BCUT2D eigenvalue weighted by atomic mass is 32.2. The summed E-state index contributed by atoms with van der Waals surface area (Å²) in [6.07, 6.45) is -2.76. The quantitative estimate of drug-likeness (QED) is 0.366. The highest BCUT2D eigenvalue weighted by Gasteiger charge is 2.47. The average Bonchev–Trinajstić information content (AvgIpc) is 2.94. The van der Waals surface area contributed by atoms with E-state index in [4.69, 9.17) is 16.2 Å². The topological polar surface area (TPSA) is 187 Å². The Labute approximate surface area is 134 Å². The summed E-state index contributed by atoms with van der Waals surface area (Å²) in [5.41, 5.74) is 8.75. The van der Waals surface area contributed by atoms with Crippen LogP contribution in [-0.4, -0.2) is 78.7 Å². The zero-order valence-corrected chi connectivity index (χ0v) is 12.9. The van der Waals surface area contributed by atoms with E-state index in [2.05, 4.69) is 10.3 Å². The summed E-state index contributed by atoms with van der Waals surface area (Å²) in [7, 11) is 1.35. The molecule has 0 bridgehead atoms. The van der Waals surface area contributed by atoms with E-state index in [0.717, 1.165) is 16.4 Å². The van der Waals surface area contributed by atoms with E-state index >= 15 is 0 Å². The highest BCUT2D eigenvalue weighted by molar-refractivity contribution is 8.00. The van der Waals surface area contributed by atoms with Crippen LogP contribution in [0.1, 0.15) is 27.0 Å². The van der Waals surface area contributed by atoms with Crippen LogP contribution in [0.2, 0.25) is 0 Å². The Hall–Kier alpha value is -1.73. The molecule has 5 atom stereocenters. The monoisotopic (exact) mass is 347 g/mol. The van der Waals surface area contributed by atoms with Crippen molar-refractivity contribution < 1.29 is 29.6 Å². The van der Waals surface area contributed by atoms with Crippen molar-refractivity contribution in [1.29, 1.82) is 0 Å². The number of carbonyl (C=O) groups excluding carboxylic acids is 2. The number of aliphatic hydroxyl groups excluding tert-OH is 3. The van der Waals surface area contributed by atoms with Crippen LogP contribution in [0.5, 0.6) is 0 Å². The molecule has 0 radical (unpaired) electrons. The van der Waals surface area contributed by atoms with Gasteiger partial charge in [-0.05, 0) is 0 Å². The van der Waals surface area contributed by atoms with Crippen LogP contribution in [-0.2, 0) is 4.74 Å². The smallest absolute Gasteiger partial charge is 0.271 e. The fourth-order valence-electron chi connectivity index (χ4n) is 2.42. The number of hydrogen-bond donors (Lipinski definition) is 5. The molecule has 2 heterocycles. The maximum atomic E-state index is 11.6. The molecule has 1 aliphatic rings. The number of ether oxygens (including phenoxy) is 1. The van der Waals surface area contributed by atoms with Crippen LogP contribution in [0, 0.1) is 0 Å². The Morgan fingerprint density at radius 3 is 2.43 bits per heavy atom. The summed E-state index contributed by atoms with van der Waals surface area (Å²) in [6, 6.07) is -1.06. The van der Waals surface area contributed by atoms with Gasteiger partial charge in [0, 0.05) is 7.11 Å². The van der Waals surface area contributed by atoms with Crippen molar-refractivity contribution in [3.05, 3.63) is 11.4 Å². The number of primary amides is 2. The minimum Gasteiger partial charge on any atom is -0.395 e. The summed E-state index contributed by atoms with van der Waals surface area (Å²) < 4.78 is 6.16. The van der Waals surface area contributed by atoms with Crippen LogP contribution in [0.15, 0.2) is 0 Å². The number of methoxy groups -OCH3 is 1. The Balaban J connectivity index is 2.51. The molecule has 1 aliphatic heterocycles. The molecule has 0 unspecified atom stereocenters. The zero-order valence-electron chi connectivity index (χ0n) is 12.1. The molecule has 23 heavy (non-hydrogen) atoms. The molecule has 1 aromatic heterocycles. The Bertz CT molecular complexity index is 608. The summed E-state index contributed by atoms with van der Waals surface area (Å²) in [5.74, 6) is -2.03. The van der Waals surface area contributed by atoms with E-state index in [1.54, 1.807) is 0 Å². The van der Waals surface area contributed by atoms with Gasteiger partial charge in [0.25, 0.3) is 11.8 Å². The molecule has 2 rings (SSSR count). The third-order valence-electron chi connectivity index (χ3n) is 3.52. The zero-order chi connectivity index (χ0) is 17.3. The number of hydrogen-bond acceptors (Lipinski definition) is 9. The molecule has 1 aromatic rings. The molecule has 0 spiro atoms. The van der Waals surface area contributed by atoms with Gasteiger partial charge >= 0.3 is 0 Å². The Kier molecular flexibility index (Phi) is 5.21. The number of carbonyl (C=O) groups is 2. The van der Waals surface area contributed by atoms with E-state index in [1.807, 2.05) is 0 Å². The predicted molar refractivity (Wildman–Crippen MR) is 77.4 cm³/mol. The number of nitrogens with zero attached hydrogens (tertiary/aromatic N) is 3. The van der Waals surface area contributed by atoms with Gasteiger partial charge < -0.3 is 31.5 Å². The van der Waals surface area contributed by atoms with E-state index in [1.165, 1.54) is 7.11 Å². The maximum Gasteiger partial charge on any atom is 0.271 e. The third-order valence-corrected chi connectivity index (χ3v) is 5.04. The van der Waals surface area contributed by atoms with Gasteiger partial charge in [0.15, 0.2) is 11.4 Å². The molecule has 128 valence electrons. The van der Waals surface area contributed by atoms with Crippen molar-refractivity contribution in [3.63, 3.8) is 0 Å². The molecule has 7 N–H and O–H groups in total. The van der Waals surface area contributed by atoms with E-state index in [0.29, 0.717) is 0 Å². The minimum atomic E-state index is -1.45. The molecule has 1 saturated heterocycles. The van der Waals surface area contributed by atoms with Gasteiger partial charge in [0.05, 0.1) is 18.0 Å². The molecule has 11 nitrogen and oxygen atoms in total. The van der Waals surface area contributed by atoms with E-state index in [-0.39, 0.29) is 12.3 Å². The first-order valence-corrected chi connectivity index (χ1v) is 7.47. The number of thioether (sulfide) groups is 1. The van der Waals surface area contributed by atoms with Crippen molar-refractivity contribution >= 4 is 23.6 Å². The maximum absolute atomic E-state index is 11.6. The first-order chi connectivity index (χ1) is 10.8. The van der Waals surface area contributed by atoms with Gasteiger partial charge in [-0.15, -0.1) is 16.9 Å². The lowest BCUT2D eigenvalue weighted by atomic mass is 10.0. The average molecular weight is 347 g/mol. The normalized spacial score (nSPS) is 31.0. The van der Waals surface area contributed by atoms with Crippen molar-refractivity contribution in [2.75, 3.05) is 13.7 Å². The highest BCUT2D eigenvalue weighted by Crippen LogP contribution is 2.39. The Morgan fingerprint density at radius 2 is 1.96 bits per heavy atom. The van der Waals surface area contributed by atoms with Crippen LogP contribution in [0.25, 0.3) is 0 Å². The molecular formula is C11H17N5O6S. The number of aliphatic hydroxyl groups is 3. The van der Waals surface area contributed by atoms with E-state index in [9.17, 15) is 24.9 Å². The minimum absolute atomic E-state index is 0.387. The van der Waals surface area contributed by atoms with Crippen molar-refractivity contribution in [3.8, 4) is 0 Å². The molecule has 0 aromatic carbocycles. The van der Waals surface area contributed by atoms with E-state index < -0.39 is 46.4 Å². The molecule has 2 amide bonds. The van der Waals surface area contributed by atoms with Crippen LogP contribution in [0.4, 0.5) is 0 Å². The van der Waals surface area contributed by atoms with Crippen molar-refractivity contribution in [2.45, 2.75) is 28.9 Å². The molecule has 1 fully saturated rings. The first kappa shape index (κ1) is 17.6. The first-order valence-electron chi connectivity index (χ1n) is 6.53.